The number of hydrogen-bond donors (Lipinski definition) is 2. The minimum atomic E-state index is -0.527. The van der Waals surface area contributed by atoms with Gasteiger partial charge in [0.25, 0.3) is 0 Å². The second-order valence-electron chi connectivity index (χ2n) is 6.07. The van der Waals surface area contributed by atoms with Crippen LogP contribution in [-0.4, -0.2) is 24.6 Å². The molecule has 0 spiro atoms. The Morgan fingerprint density at radius 3 is 2.74 bits per heavy atom. The molecule has 5 nitrogen and oxygen atoms in total. The van der Waals surface area contributed by atoms with Gasteiger partial charge in [-0.1, -0.05) is 12.1 Å². The highest BCUT2D eigenvalue weighted by Crippen LogP contribution is 2.28. The molecule has 0 bridgehead atoms. The number of allylic oxidation sites excluding steroid dienone is 1. The van der Waals surface area contributed by atoms with Crippen LogP contribution in [0.1, 0.15) is 25.8 Å². The molecule has 3 N–H and O–H groups in total. The normalized spacial score (nSPS) is 21.3. The minimum Gasteiger partial charge on any atom is -0.497 e. The van der Waals surface area contributed by atoms with Gasteiger partial charge in [-0.15, -0.1) is 0 Å². The molecule has 23 heavy (non-hydrogen) atoms. The van der Waals surface area contributed by atoms with E-state index in [0.717, 1.165) is 22.8 Å². The molecule has 1 aliphatic carbocycles. The molecular weight excluding hydrogens is 292 g/mol. The summed E-state index contributed by atoms with van der Waals surface area (Å²) >= 11 is 0. The van der Waals surface area contributed by atoms with Gasteiger partial charge in [-0.05, 0) is 51.0 Å². The van der Waals surface area contributed by atoms with Crippen molar-refractivity contribution in [3.8, 4) is 11.5 Å². The van der Waals surface area contributed by atoms with E-state index in [1.807, 2.05) is 50.3 Å². The number of benzene rings is 1. The highest BCUT2D eigenvalue weighted by Gasteiger charge is 2.26. The van der Waals surface area contributed by atoms with Gasteiger partial charge < -0.3 is 20.5 Å². The molecule has 0 saturated heterocycles. The van der Waals surface area contributed by atoms with E-state index in [9.17, 15) is 4.79 Å². The molecule has 1 aromatic carbocycles. The van der Waals surface area contributed by atoms with Gasteiger partial charge in [0.1, 0.15) is 17.3 Å². The first kappa shape index (κ1) is 17.1. The maximum Gasteiger partial charge on any atom is 0.237 e. The summed E-state index contributed by atoms with van der Waals surface area (Å²) in [6, 6.07) is 5.18. The van der Waals surface area contributed by atoms with Crippen LogP contribution in [0.5, 0.6) is 11.5 Å². The maximum absolute atomic E-state index is 11.8. The van der Waals surface area contributed by atoms with Crippen LogP contribution in [0.15, 0.2) is 42.2 Å². The SMILES string of the molecule is COc1ccc(C)c(OC2=CCC(C)(NC(=O)[C@@H](C)N)C=C2)c1. The molecular formula is C18H24N2O3. The van der Waals surface area contributed by atoms with E-state index in [-0.39, 0.29) is 5.91 Å². The van der Waals surface area contributed by atoms with Crippen LogP contribution in [0.2, 0.25) is 0 Å². The number of rotatable bonds is 5. The molecule has 0 radical (unpaired) electrons. The fraction of sp³-hybridized carbons (Fsp3) is 0.389. The molecule has 1 unspecified atom stereocenters. The van der Waals surface area contributed by atoms with E-state index in [2.05, 4.69) is 5.32 Å². The van der Waals surface area contributed by atoms with Gasteiger partial charge in [0, 0.05) is 6.07 Å². The highest BCUT2D eigenvalue weighted by atomic mass is 16.5. The Morgan fingerprint density at radius 2 is 2.17 bits per heavy atom. The largest absolute Gasteiger partial charge is 0.497 e. The lowest BCUT2D eigenvalue weighted by atomic mass is 9.92. The Hall–Kier alpha value is -2.27. The Morgan fingerprint density at radius 1 is 1.43 bits per heavy atom. The molecule has 5 heteroatoms. The van der Waals surface area contributed by atoms with Crippen LogP contribution in [-0.2, 0) is 4.79 Å². The van der Waals surface area contributed by atoms with Gasteiger partial charge in [0.2, 0.25) is 5.91 Å². The molecule has 0 saturated carbocycles. The first-order valence-electron chi connectivity index (χ1n) is 7.62. The van der Waals surface area contributed by atoms with Crippen molar-refractivity contribution in [1.82, 2.24) is 5.32 Å². The van der Waals surface area contributed by atoms with Crippen molar-refractivity contribution in [1.29, 1.82) is 0 Å². The number of ether oxygens (including phenoxy) is 2. The Kier molecular flexibility index (Phi) is 5.11. The van der Waals surface area contributed by atoms with Gasteiger partial charge in [-0.3, -0.25) is 4.79 Å². The number of nitrogens with one attached hydrogen (secondary N) is 1. The highest BCUT2D eigenvalue weighted by molar-refractivity contribution is 5.82. The third-order valence-corrected chi connectivity index (χ3v) is 3.79. The van der Waals surface area contributed by atoms with Crippen molar-refractivity contribution in [3.05, 3.63) is 47.7 Å². The monoisotopic (exact) mass is 316 g/mol. The lowest BCUT2D eigenvalue weighted by Crippen LogP contribution is -2.50. The Bertz CT molecular complexity index is 650. The molecule has 1 aromatic rings. The molecule has 2 rings (SSSR count). The number of nitrogens with two attached hydrogens (primary N) is 1. The van der Waals surface area contributed by atoms with Crippen LogP contribution < -0.4 is 20.5 Å². The summed E-state index contributed by atoms with van der Waals surface area (Å²) in [7, 11) is 1.63. The number of amides is 1. The summed E-state index contributed by atoms with van der Waals surface area (Å²) in [5.41, 5.74) is 6.18. The summed E-state index contributed by atoms with van der Waals surface area (Å²) in [6.45, 7) is 5.60. The average Bonchev–Trinajstić information content (AvgIpc) is 2.51. The number of carbonyl (C=O) groups excluding carboxylic acids is 1. The van der Waals surface area contributed by atoms with Gasteiger partial charge >= 0.3 is 0 Å². The number of hydrogen-bond acceptors (Lipinski definition) is 4. The zero-order chi connectivity index (χ0) is 17.0. The van der Waals surface area contributed by atoms with Crippen LogP contribution >= 0.6 is 0 Å². The third kappa shape index (κ3) is 4.36. The van der Waals surface area contributed by atoms with E-state index in [1.54, 1.807) is 14.0 Å². The van der Waals surface area contributed by atoms with E-state index in [0.29, 0.717) is 6.42 Å². The lowest BCUT2D eigenvalue weighted by Gasteiger charge is -2.30. The van der Waals surface area contributed by atoms with Crippen molar-refractivity contribution in [3.63, 3.8) is 0 Å². The number of aryl methyl sites for hydroxylation is 1. The summed E-state index contributed by atoms with van der Waals surface area (Å²) < 4.78 is 11.2. The molecule has 1 amide bonds. The molecule has 0 aromatic heterocycles. The average molecular weight is 316 g/mol. The first-order valence-corrected chi connectivity index (χ1v) is 7.62. The van der Waals surface area contributed by atoms with E-state index in [1.165, 1.54) is 0 Å². The molecule has 1 aliphatic rings. The van der Waals surface area contributed by atoms with Crippen molar-refractivity contribution in [2.45, 2.75) is 38.8 Å². The second kappa shape index (κ2) is 6.87. The molecule has 0 fully saturated rings. The topological polar surface area (TPSA) is 73.6 Å². The van der Waals surface area contributed by atoms with Gasteiger partial charge in [-0.2, -0.15) is 0 Å². The fourth-order valence-electron chi connectivity index (χ4n) is 2.22. The Labute approximate surface area is 137 Å². The van der Waals surface area contributed by atoms with Gasteiger partial charge in [-0.25, -0.2) is 0 Å². The Balaban J connectivity index is 2.06. The zero-order valence-electron chi connectivity index (χ0n) is 14.1. The van der Waals surface area contributed by atoms with Gasteiger partial charge in [0.15, 0.2) is 0 Å². The third-order valence-electron chi connectivity index (χ3n) is 3.79. The van der Waals surface area contributed by atoms with Crippen molar-refractivity contribution in [2.24, 2.45) is 5.73 Å². The second-order valence-corrected chi connectivity index (χ2v) is 6.07. The summed E-state index contributed by atoms with van der Waals surface area (Å²) in [5.74, 6) is 2.08. The van der Waals surface area contributed by atoms with Crippen LogP contribution in [0, 0.1) is 6.92 Å². The zero-order valence-corrected chi connectivity index (χ0v) is 14.1. The lowest BCUT2D eigenvalue weighted by molar-refractivity contribution is -0.123. The standard InChI is InChI=1S/C18H24N2O3/c1-12-5-6-15(22-4)11-16(12)23-14-7-9-18(3,10-8-14)20-17(21)13(2)19/h5-9,11,13H,10,19H2,1-4H3,(H,20,21)/t13-,18?/m1/s1. The summed E-state index contributed by atoms with van der Waals surface area (Å²) in [6.07, 6.45) is 6.39. The minimum absolute atomic E-state index is 0.168. The van der Waals surface area contributed by atoms with E-state index < -0.39 is 11.6 Å². The fourth-order valence-corrected chi connectivity index (χ4v) is 2.22. The first-order chi connectivity index (χ1) is 10.8. The van der Waals surface area contributed by atoms with Crippen LogP contribution in [0.25, 0.3) is 0 Å². The van der Waals surface area contributed by atoms with Gasteiger partial charge in [0.05, 0.1) is 18.7 Å². The van der Waals surface area contributed by atoms with E-state index in [4.69, 9.17) is 15.2 Å². The predicted octanol–water partition coefficient (Wildman–Crippen LogP) is 2.45. The number of carbonyl (C=O) groups is 1. The van der Waals surface area contributed by atoms with Crippen molar-refractivity contribution < 1.29 is 14.3 Å². The smallest absolute Gasteiger partial charge is 0.237 e. The summed E-state index contributed by atoms with van der Waals surface area (Å²) in [5, 5.41) is 2.94. The van der Waals surface area contributed by atoms with Crippen LogP contribution in [0.4, 0.5) is 0 Å². The van der Waals surface area contributed by atoms with Crippen molar-refractivity contribution >= 4 is 5.91 Å². The quantitative estimate of drug-likeness (QED) is 0.875. The molecule has 2 atom stereocenters. The van der Waals surface area contributed by atoms with Crippen molar-refractivity contribution in [2.75, 3.05) is 7.11 Å². The van der Waals surface area contributed by atoms with E-state index >= 15 is 0 Å². The molecule has 0 aliphatic heterocycles. The number of methoxy groups -OCH3 is 1. The summed E-state index contributed by atoms with van der Waals surface area (Å²) in [4.78, 5) is 11.8. The maximum atomic E-state index is 11.8. The molecule has 124 valence electrons. The predicted molar refractivity (Wildman–Crippen MR) is 90.4 cm³/mol. The molecule has 0 heterocycles. The van der Waals surface area contributed by atoms with Crippen LogP contribution in [0.3, 0.4) is 0 Å².